The molecule has 0 heterocycles. The van der Waals surface area contributed by atoms with Gasteiger partial charge in [-0.1, -0.05) is 0 Å². The standard InChI is InChI=1S/C12H20O/c1-3-13-12(2)10-5-8-4-9(7-10)11(12)6-8/h8-11H,3-7H2,1-2H3. The molecule has 4 saturated carbocycles. The lowest BCUT2D eigenvalue weighted by Crippen LogP contribution is -2.43. The van der Waals surface area contributed by atoms with E-state index in [1.165, 1.54) is 25.7 Å². The Labute approximate surface area is 80.8 Å². The van der Waals surface area contributed by atoms with Crippen LogP contribution in [0.25, 0.3) is 0 Å². The fourth-order valence-electron chi connectivity index (χ4n) is 4.57. The minimum atomic E-state index is 0.270. The molecule has 0 aromatic heterocycles. The van der Waals surface area contributed by atoms with Gasteiger partial charge in [0.2, 0.25) is 0 Å². The summed E-state index contributed by atoms with van der Waals surface area (Å²) in [5, 5.41) is 0. The van der Waals surface area contributed by atoms with Crippen molar-refractivity contribution in [3.63, 3.8) is 0 Å². The van der Waals surface area contributed by atoms with Crippen LogP contribution in [-0.2, 0) is 4.74 Å². The van der Waals surface area contributed by atoms with Crippen molar-refractivity contribution in [2.75, 3.05) is 6.61 Å². The summed E-state index contributed by atoms with van der Waals surface area (Å²) in [7, 11) is 0. The first-order chi connectivity index (χ1) is 6.24. The van der Waals surface area contributed by atoms with E-state index in [1.54, 1.807) is 0 Å². The zero-order chi connectivity index (χ0) is 9.05. The van der Waals surface area contributed by atoms with E-state index in [4.69, 9.17) is 4.74 Å². The highest BCUT2D eigenvalue weighted by molar-refractivity contribution is 5.10. The first-order valence-electron chi connectivity index (χ1n) is 5.88. The van der Waals surface area contributed by atoms with Gasteiger partial charge < -0.3 is 4.74 Å². The van der Waals surface area contributed by atoms with E-state index < -0.39 is 0 Å². The van der Waals surface area contributed by atoms with Crippen LogP contribution < -0.4 is 0 Å². The van der Waals surface area contributed by atoms with Gasteiger partial charge in [-0.25, -0.2) is 0 Å². The Morgan fingerprint density at radius 3 is 2.77 bits per heavy atom. The third-order valence-electron chi connectivity index (χ3n) is 5.00. The maximum atomic E-state index is 6.05. The highest BCUT2D eigenvalue weighted by Crippen LogP contribution is 2.63. The van der Waals surface area contributed by atoms with Crippen LogP contribution in [0, 0.1) is 23.7 Å². The van der Waals surface area contributed by atoms with Gasteiger partial charge in [-0.3, -0.25) is 0 Å². The second kappa shape index (κ2) is 2.50. The molecular weight excluding hydrogens is 160 g/mol. The van der Waals surface area contributed by atoms with Gasteiger partial charge in [0.15, 0.2) is 0 Å². The Morgan fingerprint density at radius 2 is 2.08 bits per heavy atom. The number of rotatable bonds is 2. The van der Waals surface area contributed by atoms with Gasteiger partial charge in [-0.05, 0) is 63.2 Å². The van der Waals surface area contributed by atoms with Crippen molar-refractivity contribution in [3.8, 4) is 0 Å². The summed E-state index contributed by atoms with van der Waals surface area (Å²) in [5.74, 6) is 3.91. The highest BCUT2D eigenvalue weighted by Gasteiger charge is 2.60. The predicted molar refractivity (Wildman–Crippen MR) is 52.5 cm³/mol. The quantitative estimate of drug-likeness (QED) is 0.635. The molecule has 0 N–H and O–H groups in total. The number of ether oxygens (including phenoxy) is 1. The second-order valence-electron chi connectivity index (χ2n) is 5.49. The molecule has 0 radical (unpaired) electrons. The summed E-state index contributed by atoms with van der Waals surface area (Å²) in [6, 6.07) is 0. The summed E-state index contributed by atoms with van der Waals surface area (Å²) in [5.41, 5.74) is 0.270. The van der Waals surface area contributed by atoms with Gasteiger partial charge in [-0.15, -0.1) is 0 Å². The third kappa shape index (κ3) is 0.918. The molecule has 5 unspecified atom stereocenters. The molecule has 74 valence electrons. The van der Waals surface area contributed by atoms with Crippen LogP contribution in [0.15, 0.2) is 0 Å². The van der Waals surface area contributed by atoms with Crippen LogP contribution in [0.2, 0.25) is 0 Å². The number of hydrogen-bond acceptors (Lipinski definition) is 1. The molecule has 13 heavy (non-hydrogen) atoms. The van der Waals surface area contributed by atoms with Gasteiger partial charge in [0.25, 0.3) is 0 Å². The van der Waals surface area contributed by atoms with E-state index in [0.29, 0.717) is 0 Å². The van der Waals surface area contributed by atoms with Crippen molar-refractivity contribution in [2.45, 2.75) is 45.1 Å². The summed E-state index contributed by atoms with van der Waals surface area (Å²) >= 11 is 0. The SMILES string of the molecule is CCOC1(C)C2CC3CC(C2)C1C3. The van der Waals surface area contributed by atoms with E-state index in [0.717, 1.165) is 30.3 Å². The monoisotopic (exact) mass is 180 g/mol. The Balaban J connectivity index is 1.90. The first kappa shape index (κ1) is 8.28. The van der Waals surface area contributed by atoms with E-state index >= 15 is 0 Å². The van der Waals surface area contributed by atoms with Crippen molar-refractivity contribution in [3.05, 3.63) is 0 Å². The van der Waals surface area contributed by atoms with Crippen LogP contribution in [0.3, 0.4) is 0 Å². The minimum absolute atomic E-state index is 0.270. The van der Waals surface area contributed by atoms with Crippen molar-refractivity contribution in [1.82, 2.24) is 0 Å². The normalized spacial score (nSPS) is 57.7. The zero-order valence-corrected chi connectivity index (χ0v) is 8.75. The lowest BCUT2D eigenvalue weighted by Gasteiger charge is -2.41. The molecule has 0 amide bonds. The van der Waals surface area contributed by atoms with Gasteiger partial charge in [0.05, 0.1) is 5.60 Å². The largest absolute Gasteiger partial charge is 0.375 e. The lowest BCUT2D eigenvalue weighted by atomic mass is 9.73. The molecule has 4 aliphatic rings. The Hall–Kier alpha value is -0.0400. The predicted octanol–water partition coefficient (Wildman–Crippen LogP) is 2.85. The van der Waals surface area contributed by atoms with Gasteiger partial charge in [0.1, 0.15) is 0 Å². The van der Waals surface area contributed by atoms with Crippen LogP contribution in [-0.4, -0.2) is 12.2 Å². The van der Waals surface area contributed by atoms with E-state index in [-0.39, 0.29) is 5.60 Å². The molecule has 0 aromatic rings. The van der Waals surface area contributed by atoms with E-state index in [9.17, 15) is 0 Å². The molecule has 4 fully saturated rings. The maximum Gasteiger partial charge on any atom is 0.0713 e. The van der Waals surface area contributed by atoms with Gasteiger partial charge in [0, 0.05) is 6.61 Å². The average Bonchev–Trinajstić information content (AvgIpc) is 2.48. The van der Waals surface area contributed by atoms with Crippen molar-refractivity contribution < 1.29 is 4.74 Å². The molecule has 1 nitrogen and oxygen atoms in total. The highest BCUT2D eigenvalue weighted by atomic mass is 16.5. The van der Waals surface area contributed by atoms with Gasteiger partial charge >= 0.3 is 0 Å². The fraction of sp³-hybridized carbons (Fsp3) is 1.00. The molecule has 0 saturated heterocycles. The van der Waals surface area contributed by atoms with E-state index in [1.807, 2.05) is 0 Å². The molecule has 4 bridgehead atoms. The number of hydrogen-bond donors (Lipinski definition) is 0. The average molecular weight is 180 g/mol. The molecule has 0 aromatic carbocycles. The Morgan fingerprint density at radius 1 is 1.23 bits per heavy atom. The maximum absolute atomic E-state index is 6.05. The summed E-state index contributed by atoms with van der Waals surface area (Å²) < 4.78 is 6.05. The topological polar surface area (TPSA) is 9.23 Å². The lowest BCUT2D eigenvalue weighted by molar-refractivity contribution is -0.103. The van der Waals surface area contributed by atoms with Crippen molar-refractivity contribution >= 4 is 0 Å². The summed E-state index contributed by atoms with van der Waals surface area (Å²) in [6.45, 7) is 5.43. The third-order valence-corrected chi connectivity index (χ3v) is 5.00. The molecule has 4 aliphatic carbocycles. The second-order valence-corrected chi connectivity index (χ2v) is 5.49. The van der Waals surface area contributed by atoms with Crippen LogP contribution in [0.1, 0.15) is 39.5 Å². The fourth-order valence-corrected chi connectivity index (χ4v) is 4.57. The van der Waals surface area contributed by atoms with E-state index in [2.05, 4.69) is 13.8 Å². The van der Waals surface area contributed by atoms with Gasteiger partial charge in [-0.2, -0.15) is 0 Å². The molecule has 0 aliphatic heterocycles. The molecule has 1 heteroatoms. The smallest absolute Gasteiger partial charge is 0.0713 e. The van der Waals surface area contributed by atoms with Crippen molar-refractivity contribution in [1.29, 1.82) is 0 Å². The first-order valence-corrected chi connectivity index (χ1v) is 5.88. The van der Waals surface area contributed by atoms with Crippen molar-refractivity contribution in [2.24, 2.45) is 23.7 Å². The van der Waals surface area contributed by atoms with Crippen LogP contribution in [0.4, 0.5) is 0 Å². The summed E-state index contributed by atoms with van der Waals surface area (Å²) in [4.78, 5) is 0. The molecular formula is C12H20O. The minimum Gasteiger partial charge on any atom is -0.375 e. The molecule has 5 atom stereocenters. The Bertz CT molecular complexity index is 221. The summed E-state index contributed by atoms with van der Waals surface area (Å²) in [6.07, 6.45) is 5.92. The van der Waals surface area contributed by atoms with Crippen LogP contribution in [0.5, 0.6) is 0 Å². The molecule has 0 spiro atoms. The molecule has 4 rings (SSSR count). The van der Waals surface area contributed by atoms with Crippen LogP contribution >= 0.6 is 0 Å². The zero-order valence-electron chi connectivity index (χ0n) is 8.75. The Kier molecular flexibility index (Phi) is 1.59.